The van der Waals surface area contributed by atoms with E-state index in [1.54, 1.807) is 11.1 Å². The number of likely N-dealkylation sites (tertiary alicyclic amines) is 1. The monoisotopic (exact) mass is 241 g/mol. The fraction of sp³-hybridized carbons (Fsp3) is 0.438. The molecule has 0 spiro atoms. The maximum Gasteiger partial charge on any atom is 0.253 e. The van der Waals surface area contributed by atoms with E-state index in [-0.39, 0.29) is 5.91 Å². The lowest BCUT2D eigenvalue weighted by molar-refractivity contribution is 0.0743. The van der Waals surface area contributed by atoms with E-state index in [0.29, 0.717) is 0 Å². The van der Waals surface area contributed by atoms with Gasteiger partial charge in [-0.1, -0.05) is 28.8 Å². The number of nitrogens with zero attached hydrogens (tertiary/aromatic N) is 1. The molecule has 1 aliphatic carbocycles. The van der Waals surface area contributed by atoms with Crippen LogP contribution < -0.4 is 0 Å². The Morgan fingerprint density at radius 1 is 1.06 bits per heavy atom. The molecule has 1 heterocycles. The van der Waals surface area contributed by atoms with Gasteiger partial charge < -0.3 is 4.90 Å². The van der Waals surface area contributed by atoms with Crippen molar-refractivity contribution in [3.63, 3.8) is 0 Å². The van der Waals surface area contributed by atoms with Gasteiger partial charge >= 0.3 is 0 Å². The van der Waals surface area contributed by atoms with Gasteiger partial charge in [0.1, 0.15) is 0 Å². The molecule has 3 rings (SSSR count). The summed E-state index contributed by atoms with van der Waals surface area (Å²) in [6.07, 6.45) is 4.79. The van der Waals surface area contributed by atoms with Crippen molar-refractivity contribution < 1.29 is 4.79 Å². The molecule has 1 saturated heterocycles. The molecule has 94 valence electrons. The second-order valence-electron chi connectivity index (χ2n) is 5.37. The Balaban J connectivity index is 1.69. The second kappa shape index (κ2) is 4.60. The van der Waals surface area contributed by atoms with Gasteiger partial charge in [0.05, 0.1) is 0 Å². The molecular weight excluding hydrogens is 222 g/mol. The van der Waals surface area contributed by atoms with Gasteiger partial charge in [-0.3, -0.25) is 4.79 Å². The van der Waals surface area contributed by atoms with Gasteiger partial charge in [-0.05, 0) is 44.7 Å². The highest BCUT2D eigenvalue weighted by Gasteiger charge is 2.24. The minimum Gasteiger partial charge on any atom is -0.338 e. The summed E-state index contributed by atoms with van der Waals surface area (Å²) in [6.45, 7) is 3.82. The van der Waals surface area contributed by atoms with E-state index in [1.165, 1.54) is 12.8 Å². The van der Waals surface area contributed by atoms with E-state index >= 15 is 0 Å². The molecule has 2 nitrogen and oxygen atoms in total. The Labute approximate surface area is 108 Å². The van der Waals surface area contributed by atoms with Crippen LogP contribution in [-0.2, 0) is 0 Å². The van der Waals surface area contributed by atoms with Crippen molar-refractivity contribution in [1.82, 2.24) is 4.90 Å². The average Bonchev–Trinajstić information content (AvgIpc) is 3.22. The molecule has 0 N–H and O–H groups in total. The van der Waals surface area contributed by atoms with Crippen molar-refractivity contribution in [1.29, 1.82) is 0 Å². The molecule has 1 saturated carbocycles. The molecule has 2 heteroatoms. The minimum atomic E-state index is 0.193. The number of rotatable bonds is 1. The van der Waals surface area contributed by atoms with Crippen LogP contribution >= 0.6 is 0 Å². The maximum atomic E-state index is 12.4. The molecule has 0 bridgehead atoms. The van der Waals surface area contributed by atoms with Crippen molar-refractivity contribution in [3.05, 3.63) is 46.5 Å². The Morgan fingerprint density at radius 3 is 2.33 bits per heavy atom. The highest BCUT2D eigenvalue weighted by Crippen LogP contribution is 2.36. The molecule has 1 aromatic carbocycles. The summed E-state index contributed by atoms with van der Waals surface area (Å²) in [5.41, 5.74) is 5.28. The zero-order chi connectivity index (χ0) is 12.5. The molecule has 1 aromatic rings. The van der Waals surface area contributed by atoms with Crippen LogP contribution in [-0.4, -0.2) is 23.9 Å². The van der Waals surface area contributed by atoms with Crippen LogP contribution in [0.2, 0.25) is 0 Å². The third-order valence-corrected chi connectivity index (χ3v) is 3.92. The molecule has 2 fully saturated rings. The summed E-state index contributed by atoms with van der Waals surface area (Å²) in [5.74, 6) is 0.193. The summed E-state index contributed by atoms with van der Waals surface area (Å²) in [5, 5.41) is 0. The van der Waals surface area contributed by atoms with Gasteiger partial charge in [0, 0.05) is 18.7 Å². The van der Waals surface area contributed by atoms with Crippen molar-refractivity contribution in [3.8, 4) is 0 Å². The van der Waals surface area contributed by atoms with E-state index in [4.69, 9.17) is 0 Å². The van der Waals surface area contributed by atoms with Crippen LogP contribution in [0, 0.1) is 6.92 Å². The largest absolute Gasteiger partial charge is 0.338 e. The second-order valence-corrected chi connectivity index (χ2v) is 5.37. The minimum absolute atomic E-state index is 0.193. The smallest absolute Gasteiger partial charge is 0.253 e. The maximum absolute atomic E-state index is 12.4. The number of allylic oxidation sites excluding steroid dienone is 1. The number of aryl methyl sites for hydroxylation is 1. The van der Waals surface area contributed by atoms with Gasteiger partial charge in [0.2, 0.25) is 0 Å². The number of hydrogen-bond acceptors (Lipinski definition) is 1. The zero-order valence-electron chi connectivity index (χ0n) is 10.9. The highest BCUT2D eigenvalue weighted by molar-refractivity contribution is 5.94. The summed E-state index contributed by atoms with van der Waals surface area (Å²) < 4.78 is 0. The topological polar surface area (TPSA) is 20.3 Å². The van der Waals surface area contributed by atoms with Gasteiger partial charge in [-0.15, -0.1) is 0 Å². The SMILES string of the molecule is Cc1cccc(C(=O)N2CCC(=C3CC3)CC2)c1. The standard InChI is InChI=1S/C16H19NO/c1-12-3-2-4-15(11-12)16(18)17-9-7-14(8-10-17)13-5-6-13/h2-4,11H,5-10H2,1H3. The fourth-order valence-corrected chi connectivity index (χ4v) is 2.71. The highest BCUT2D eigenvalue weighted by atomic mass is 16.2. The van der Waals surface area contributed by atoms with Crippen molar-refractivity contribution >= 4 is 5.91 Å². The third kappa shape index (κ3) is 2.33. The first-order chi connectivity index (χ1) is 8.74. The Hall–Kier alpha value is -1.57. The predicted molar refractivity (Wildman–Crippen MR) is 72.6 cm³/mol. The first-order valence-electron chi connectivity index (χ1n) is 6.80. The van der Waals surface area contributed by atoms with Crippen molar-refractivity contribution in [2.45, 2.75) is 32.6 Å². The van der Waals surface area contributed by atoms with E-state index in [2.05, 4.69) is 0 Å². The number of carbonyl (C=O) groups excluding carboxylic acids is 1. The average molecular weight is 241 g/mol. The van der Waals surface area contributed by atoms with E-state index in [1.807, 2.05) is 36.1 Å². The van der Waals surface area contributed by atoms with Gasteiger partial charge in [-0.2, -0.15) is 0 Å². The van der Waals surface area contributed by atoms with Crippen LogP contribution in [0.25, 0.3) is 0 Å². The summed E-state index contributed by atoms with van der Waals surface area (Å²) >= 11 is 0. The summed E-state index contributed by atoms with van der Waals surface area (Å²) in [7, 11) is 0. The van der Waals surface area contributed by atoms with E-state index in [9.17, 15) is 4.79 Å². The van der Waals surface area contributed by atoms with Crippen molar-refractivity contribution in [2.24, 2.45) is 0 Å². The first kappa shape index (κ1) is 11.5. The number of piperidine rings is 1. The fourth-order valence-electron chi connectivity index (χ4n) is 2.71. The Bertz CT molecular complexity index is 500. The number of hydrogen-bond donors (Lipinski definition) is 0. The lowest BCUT2D eigenvalue weighted by Crippen LogP contribution is -2.36. The molecule has 0 atom stereocenters. The molecule has 1 amide bonds. The number of benzene rings is 1. The van der Waals surface area contributed by atoms with Crippen LogP contribution in [0.3, 0.4) is 0 Å². The van der Waals surface area contributed by atoms with E-state index < -0.39 is 0 Å². The van der Waals surface area contributed by atoms with Crippen LogP contribution in [0.15, 0.2) is 35.4 Å². The van der Waals surface area contributed by atoms with Gasteiger partial charge in [0.15, 0.2) is 0 Å². The van der Waals surface area contributed by atoms with Crippen molar-refractivity contribution in [2.75, 3.05) is 13.1 Å². The normalized spacial score (nSPS) is 19.1. The van der Waals surface area contributed by atoms with Gasteiger partial charge in [0.25, 0.3) is 5.91 Å². The summed E-state index contributed by atoms with van der Waals surface area (Å²) in [6, 6.07) is 7.90. The Morgan fingerprint density at radius 2 is 1.72 bits per heavy atom. The quantitative estimate of drug-likeness (QED) is 0.691. The van der Waals surface area contributed by atoms with Crippen LogP contribution in [0.4, 0.5) is 0 Å². The first-order valence-corrected chi connectivity index (χ1v) is 6.80. The lowest BCUT2D eigenvalue weighted by atomic mass is 10.0. The van der Waals surface area contributed by atoms with Crippen LogP contribution in [0.1, 0.15) is 41.6 Å². The van der Waals surface area contributed by atoms with Crippen LogP contribution in [0.5, 0.6) is 0 Å². The number of amides is 1. The zero-order valence-corrected chi connectivity index (χ0v) is 10.9. The molecule has 18 heavy (non-hydrogen) atoms. The molecule has 1 aliphatic heterocycles. The molecule has 0 aromatic heterocycles. The number of carbonyl (C=O) groups is 1. The third-order valence-electron chi connectivity index (χ3n) is 3.92. The molecule has 0 radical (unpaired) electrons. The molecule has 0 unspecified atom stereocenters. The lowest BCUT2D eigenvalue weighted by Gasteiger charge is -2.28. The molecule has 2 aliphatic rings. The predicted octanol–water partition coefficient (Wildman–Crippen LogP) is 3.32. The van der Waals surface area contributed by atoms with E-state index in [0.717, 1.165) is 37.1 Å². The molecular formula is C16H19NO. The summed E-state index contributed by atoms with van der Waals surface area (Å²) in [4.78, 5) is 14.4. The Kier molecular flexibility index (Phi) is 2.94. The van der Waals surface area contributed by atoms with Gasteiger partial charge in [-0.25, -0.2) is 0 Å².